The second-order valence-electron chi connectivity index (χ2n) is 11.2. The van der Waals surface area contributed by atoms with Crippen molar-refractivity contribution in [1.82, 2.24) is 5.32 Å². The van der Waals surface area contributed by atoms with Gasteiger partial charge in [0.1, 0.15) is 66.9 Å². The number of nitrogens with zero attached hydrogens (tertiary/aromatic N) is 1. The van der Waals surface area contributed by atoms with Crippen LogP contribution in [0.3, 0.4) is 0 Å². The van der Waals surface area contributed by atoms with Gasteiger partial charge in [0.05, 0.1) is 12.0 Å². The molecule has 0 amide bonds. The molecule has 1 unspecified atom stereocenters. The molecule has 1 aromatic carbocycles. The Morgan fingerprint density at radius 3 is 2.69 bits per heavy atom. The first-order valence-corrected chi connectivity index (χ1v) is 13.9. The number of aliphatic hydroxyl groups excluding tert-OH is 5. The topological polar surface area (TPSA) is 188 Å². The van der Waals surface area contributed by atoms with Crippen LogP contribution < -0.4 is 20.4 Å². The molecule has 7 atom stereocenters. The smallest absolute Gasteiger partial charge is 0.222 e. The van der Waals surface area contributed by atoms with Crippen LogP contribution in [0.25, 0.3) is 11.0 Å². The van der Waals surface area contributed by atoms with Crippen molar-refractivity contribution < 1.29 is 49.4 Å². The highest BCUT2D eigenvalue weighted by Gasteiger charge is 2.46. The Morgan fingerprint density at radius 1 is 1.21 bits per heavy atom. The second kappa shape index (κ2) is 12.3. The molecule has 3 aliphatic rings. The molecular weight excluding hydrogens is 550 g/mol. The Kier molecular flexibility index (Phi) is 8.94. The van der Waals surface area contributed by atoms with E-state index in [1.165, 1.54) is 6.07 Å². The number of rotatable bonds is 12. The fraction of sp³-hybridized carbons (Fsp3) is 0.517. The minimum absolute atomic E-state index is 0.181. The van der Waals surface area contributed by atoms with E-state index in [-0.39, 0.29) is 5.43 Å². The summed E-state index contributed by atoms with van der Waals surface area (Å²) in [5.41, 5.74) is 2.69. The molecule has 42 heavy (non-hydrogen) atoms. The van der Waals surface area contributed by atoms with Gasteiger partial charge in [-0.15, -0.1) is 0 Å². The number of quaternary nitrogens is 1. The number of hydrogen-bond acceptors (Lipinski definition) is 12. The van der Waals surface area contributed by atoms with Crippen LogP contribution in [0, 0.1) is 6.92 Å². The lowest BCUT2D eigenvalue weighted by Gasteiger charge is -2.42. The molecule has 1 aromatic heterocycles. The van der Waals surface area contributed by atoms with Crippen LogP contribution in [0.5, 0.6) is 5.75 Å². The Balaban J connectivity index is 1.47. The zero-order valence-electron chi connectivity index (χ0n) is 23.7. The molecule has 228 valence electrons. The Labute approximate surface area is 241 Å². The van der Waals surface area contributed by atoms with Crippen LogP contribution >= 0.6 is 0 Å². The highest BCUT2D eigenvalue weighted by molar-refractivity contribution is 5.90. The largest absolute Gasteiger partial charge is 0.478 e. The van der Waals surface area contributed by atoms with Crippen molar-refractivity contribution in [2.45, 2.75) is 62.8 Å². The van der Waals surface area contributed by atoms with E-state index in [4.69, 9.17) is 24.0 Å². The maximum atomic E-state index is 13.1. The molecule has 4 heterocycles. The summed E-state index contributed by atoms with van der Waals surface area (Å²) in [4.78, 5) is 29.6. The number of ether oxygens (including phenoxy) is 1. The number of fused-ring (bicyclic) bond motifs is 3. The summed E-state index contributed by atoms with van der Waals surface area (Å²) < 4.78 is 12.9. The van der Waals surface area contributed by atoms with Gasteiger partial charge in [0, 0.05) is 36.3 Å². The standard InChI is InChI=1S/C29H37N3O10/c1-15-8-20(34)18-9-17-10-23(42-39-14-22(36)26(38)25(37)21(35)13-33)29(2,5-7-30-3)41-27(17)24(28(18)40-15)32-11-16-4-6-31-19(16)12-32/h4,6,8-9,12,21-23,25-26,30,33,35-38H,5,7,10-11,13-14H2,1-3H3/p+1/t21-,22+,23-,25-,26-,29+/m1/s1. The number of nitrogens with one attached hydrogen (secondary N) is 2. The summed E-state index contributed by atoms with van der Waals surface area (Å²) in [6, 6.07) is 3.20. The highest BCUT2D eigenvalue weighted by Crippen LogP contribution is 2.44. The van der Waals surface area contributed by atoms with Crippen LogP contribution in [0.2, 0.25) is 0 Å². The van der Waals surface area contributed by atoms with Gasteiger partial charge in [0.2, 0.25) is 11.3 Å². The van der Waals surface area contributed by atoms with Gasteiger partial charge in [-0.1, -0.05) is 0 Å². The van der Waals surface area contributed by atoms with Crippen molar-refractivity contribution >= 4 is 22.9 Å². The molecule has 0 saturated heterocycles. The summed E-state index contributed by atoms with van der Waals surface area (Å²) in [7, 11) is 1.82. The van der Waals surface area contributed by atoms with Crippen molar-refractivity contribution in [2.24, 2.45) is 4.99 Å². The third kappa shape index (κ3) is 5.80. The molecule has 0 radical (unpaired) electrons. The first-order valence-electron chi connectivity index (χ1n) is 13.9. The average molecular weight is 589 g/mol. The van der Waals surface area contributed by atoms with Gasteiger partial charge >= 0.3 is 0 Å². The summed E-state index contributed by atoms with van der Waals surface area (Å²) in [6.07, 6.45) is -1.01. The molecule has 0 bridgehead atoms. The Bertz CT molecular complexity index is 1470. The third-order valence-corrected chi connectivity index (χ3v) is 8.04. The zero-order chi connectivity index (χ0) is 30.2. The van der Waals surface area contributed by atoms with Crippen molar-refractivity contribution in [3.63, 3.8) is 0 Å². The number of hydrogen-bond donors (Lipinski definition) is 7. The SMILES string of the molecule is CNCC[C@]1(C)Oc2c(cc3c(=O)cc(C)oc3c2[NH+]2C=C3N=CC=C3C2)C[C@H]1OOC[C@H](O)[C@@H](O)[C@H](O)[C@H](O)CO. The fourth-order valence-electron chi connectivity index (χ4n) is 5.53. The van der Waals surface area contributed by atoms with Crippen molar-refractivity contribution in [2.75, 3.05) is 33.4 Å². The van der Waals surface area contributed by atoms with E-state index in [0.29, 0.717) is 59.7 Å². The molecule has 13 nitrogen and oxygen atoms in total. The van der Waals surface area contributed by atoms with Gasteiger partial charge in [0.15, 0.2) is 11.2 Å². The molecular formula is C29H38N3O10+. The minimum Gasteiger partial charge on any atom is -0.478 e. The number of allylic oxidation sites excluding steroid dienone is 1. The predicted molar refractivity (Wildman–Crippen MR) is 151 cm³/mol. The molecule has 0 spiro atoms. The van der Waals surface area contributed by atoms with E-state index in [1.807, 2.05) is 26.2 Å². The van der Waals surface area contributed by atoms with E-state index in [9.17, 15) is 25.2 Å². The maximum Gasteiger partial charge on any atom is 0.222 e. The molecule has 2 aromatic rings. The number of benzene rings is 1. The van der Waals surface area contributed by atoms with Gasteiger partial charge in [-0.25, -0.2) is 9.78 Å². The normalized spacial score (nSPS) is 25.8. The van der Waals surface area contributed by atoms with Crippen LogP contribution in [-0.2, 0) is 16.2 Å². The molecule has 3 aliphatic heterocycles. The third-order valence-electron chi connectivity index (χ3n) is 8.04. The van der Waals surface area contributed by atoms with Crippen LogP contribution in [0.1, 0.15) is 24.7 Å². The Morgan fingerprint density at radius 2 is 1.98 bits per heavy atom. The lowest BCUT2D eigenvalue weighted by molar-refractivity contribution is -0.763. The van der Waals surface area contributed by atoms with E-state index in [2.05, 4.69) is 10.3 Å². The second-order valence-corrected chi connectivity index (χ2v) is 11.2. The average Bonchev–Trinajstić information content (AvgIpc) is 3.57. The van der Waals surface area contributed by atoms with Crippen molar-refractivity contribution in [3.8, 4) is 5.75 Å². The highest BCUT2D eigenvalue weighted by atomic mass is 17.2. The maximum absolute atomic E-state index is 13.1. The quantitative estimate of drug-likeness (QED) is 0.113. The van der Waals surface area contributed by atoms with Crippen molar-refractivity contribution in [1.29, 1.82) is 0 Å². The summed E-state index contributed by atoms with van der Waals surface area (Å²) in [5.74, 6) is 1.07. The van der Waals surface area contributed by atoms with Gasteiger partial charge in [0.25, 0.3) is 0 Å². The van der Waals surface area contributed by atoms with E-state index < -0.39 is 49.3 Å². The monoisotopic (exact) mass is 588 g/mol. The van der Waals surface area contributed by atoms with E-state index >= 15 is 0 Å². The molecule has 13 heteroatoms. The fourth-order valence-corrected chi connectivity index (χ4v) is 5.53. The van der Waals surface area contributed by atoms with Gasteiger partial charge in [-0.3, -0.25) is 14.7 Å². The number of aryl methyl sites for hydroxylation is 1. The number of aliphatic hydroxyl groups is 5. The molecule has 5 rings (SSSR count). The molecule has 0 fully saturated rings. The summed E-state index contributed by atoms with van der Waals surface area (Å²) >= 11 is 0. The molecule has 7 N–H and O–H groups in total. The lowest BCUT2D eigenvalue weighted by atomic mass is 9.86. The van der Waals surface area contributed by atoms with Crippen LogP contribution in [-0.4, -0.2) is 101 Å². The Hall–Kier alpha value is -2.98. The lowest BCUT2D eigenvalue weighted by Crippen LogP contribution is -3.01. The van der Waals surface area contributed by atoms with Gasteiger partial charge < -0.3 is 40.0 Å². The van der Waals surface area contributed by atoms with Crippen LogP contribution in [0.4, 0.5) is 5.69 Å². The van der Waals surface area contributed by atoms with Crippen LogP contribution in [0.15, 0.2) is 49.9 Å². The first-order chi connectivity index (χ1) is 20.1. The number of aliphatic imine (C=N–C) groups is 1. The summed E-state index contributed by atoms with van der Waals surface area (Å²) in [6.45, 7) is 3.48. The minimum atomic E-state index is -1.79. The summed E-state index contributed by atoms with van der Waals surface area (Å²) in [5, 5.41) is 52.4. The molecule has 0 saturated carbocycles. The zero-order valence-corrected chi connectivity index (χ0v) is 23.7. The first kappa shape index (κ1) is 30.5. The van der Waals surface area contributed by atoms with Gasteiger partial charge in [-0.05, 0) is 39.6 Å². The van der Waals surface area contributed by atoms with Crippen molar-refractivity contribution in [3.05, 3.63) is 57.2 Å². The predicted octanol–water partition coefficient (Wildman–Crippen LogP) is -1.46. The molecule has 0 aliphatic carbocycles. The van der Waals surface area contributed by atoms with E-state index in [1.54, 1.807) is 19.2 Å². The van der Waals surface area contributed by atoms with E-state index in [0.717, 1.165) is 16.2 Å². The van der Waals surface area contributed by atoms with Gasteiger partial charge in [-0.2, -0.15) is 0 Å².